The summed E-state index contributed by atoms with van der Waals surface area (Å²) in [4.78, 5) is 24.3. The summed E-state index contributed by atoms with van der Waals surface area (Å²) in [5.41, 5.74) is 0.345. The second kappa shape index (κ2) is 9.37. The lowest BCUT2D eigenvalue weighted by molar-refractivity contribution is -0.150. The largest absolute Gasteiger partial charge is 0.494 e. The van der Waals surface area contributed by atoms with Gasteiger partial charge in [-0.15, -0.1) is 0 Å². The molecule has 0 spiro atoms. The zero-order valence-electron chi connectivity index (χ0n) is 15.7. The van der Waals surface area contributed by atoms with Gasteiger partial charge in [0.1, 0.15) is 17.4 Å². The summed E-state index contributed by atoms with van der Waals surface area (Å²) in [6.07, 6.45) is 0.523. The summed E-state index contributed by atoms with van der Waals surface area (Å²) < 4.78 is 33.3. The number of nitrogens with one attached hydrogen (secondary N) is 1. The van der Waals surface area contributed by atoms with Gasteiger partial charge in [0.15, 0.2) is 15.9 Å². The van der Waals surface area contributed by atoms with Crippen LogP contribution in [0.25, 0.3) is 6.08 Å². The molecule has 28 heavy (non-hydrogen) atoms. The summed E-state index contributed by atoms with van der Waals surface area (Å²) in [6.45, 7) is 3.75. The first-order valence-corrected chi connectivity index (χ1v) is 10.6. The Morgan fingerprint density at radius 1 is 1.36 bits per heavy atom. The van der Waals surface area contributed by atoms with Gasteiger partial charge in [-0.1, -0.05) is 12.1 Å². The molecule has 0 saturated carbocycles. The van der Waals surface area contributed by atoms with Crippen molar-refractivity contribution >= 4 is 27.8 Å². The van der Waals surface area contributed by atoms with Crippen molar-refractivity contribution in [1.29, 1.82) is 5.26 Å². The highest BCUT2D eigenvalue weighted by Gasteiger charge is 2.31. The first-order valence-electron chi connectivity index (χ1n) is 8.80. The molecule has 1 aliphatic rings. The molecule has 0 unspecified atom stereocenters. The molecule has 0 aromatic heterocycles. The quantitative estimate of drug-likeness (QED) is 0.410. The summed E-state index contributed by atoms with van der Waals surface area (Å²) in [6, 6.07) is 8.06. The highest BCUT2D eigenvalue weighted by atomic mass is 32.2. The fraction of sp³-hybridized carbons (Fsp3) is 0.421. The Labute approximate surface area is 164 Å². The molecule has 8 nitrogen and oxygen atoms in total. The Hall–Kier alpha value is -2.86. The third kappa shape index (κ3) is 6.09. The van der Waals surface area contributed by atoms with Gasteiger partial charge in [-0.2, -0.15) is 5.26 Å². The van der Waals surface area contributed by atoms with Crippen LogP contribution < -0.4 is 10.1 Å². The van der Waals surface area contributed by atoms with Crippen LogP contribution in [0.2, 0.25) is 0 Å². The lowest BCUT2D eigenvalue weighted by atomic mass is 10.1. The van der Waals surface area contributed by atoms with Gasteiger partial charge < -0.3 is 14.8 Å². The Balaban J connectivity index is 1.96. The summed E-state index contributed by atoms with van der Waals surface area (Å²) >= 11 is 0. The van der Waals surface area contributed by atoms with Crippen molar-refractivity contribution in [2.24, 2.45) is 0 Å². The third-order valence-electron chi connectivity index (χ3n) is 4.07. The van der Waals surface area contributed by atoms with Crippen LogP contribution in [0, 0.1) is 11.3 Å². The number of hydrogen-bond acceptors (Lipinski definition) is 7. The molecule has 0 aliphatic carbocycles. The maximum absolute atomic E-state index is 12.2. The van der Waals surface area contributed by atoms with E-state index in [9.17, 15) is 23.3 Å². The number of nitrogens with zero attached hydrogens (tertiary/aromatic N) is 1. The highest BCUT2D eigenvalue weighted by molar-refractivity contribution is 7.91. The minimum absolute atomic E-state index is 0.0233. The van der Waals surface area contributed by atoms with Crippen LogP contribution in [0.3, 0.4) is 0 Å². The van der Waals surface area contributed by atoms with Gasteiger partial charge in [-0.25, -0.2) is 13.2 Å². The molecule has 1 amide bonds. The molecule has 0 radical (unpaired) electrons. The van der Waals surface area contributed by atoms with Gasteiger partial charge in [-0.05, 0) is 44.0 Å². The zero-order chi connectivity index (χ0) is 20.7. The Morgan fingerprint density at radius 2 is 2.04 bits per heavy atom. The van der Waals surface area contributed by atoms with Crippen LogP contribution in [0.15, 0.2) is 29.8 Å². The minimum atomic E-state index is -3.13. The number of carbonyl (C=O) groups is 2. The fourth-order valence-electron chi connectivity index (χ4n) is 2.64. The van der Waals surface area contributed by atoms with Crippen molar-refractivity contribution in [3.63, 3.8) is 0 Å². The van der Waals surface area contributed by atoms with E-state index >= 15 is 0 Å². The van der Waals surface area contributed by atoms with Gasteiger partial charge in [0.05, 0.1) is 18.1 Å². The summed E-state index contributed by atoms with van der Waals surface area (Å²) in [5.74, 6) is -0.970. The number of benzene rings is 1. The molecule has 1 heterocycles. The van der Waals surface area contributed by atoms with E-state index in [0.29, 0.717) is 24.3 Å². The van der Waals surface area contributed by atoms with Gasteiger partial charge in [-0.3, -0.25) is 4.79 Å². The van der Waals surface area contributed by atoms with Crippen molar-refractivity contribution in [2.45, 2.75) is 32.4 Å². The monoisotopic (exact) mass is 406 g/mol. The van der Waals surface area contributed by atoms with E-state index in [1.54, 1.807) is 30.3 Å². The minimum Gasteiger partial charge on any atom is -0.494 e. The van der Waals surface area contributed by atoms with E-state index in [1.165, 1.54) is 13.0 Å². The van der Waals surface area contributed by atoms with Crippen LogP contribution in [-0.2, 0) is 24.2 Å². The number of carbonyl (C=O) groups excluding carboxylic acids is 2. The van der Waals surface area contributed by atoms with Gasteiger partial charge in [0.2, 0.25) is 0 Å². The van der Waals surface area contributed by atoms with Crippen molar-refractivity contribution in [2.75, 3.05) is 18.1 Å². The van der Waals surface area contributed by atoms with E-state index in [4.69, 9.17) is 9.47 Å². The number of ether oxygens (including phenoxy) is 2. The van der Waals surface area contributed by atoms with Crippen LogP contribution in [0.1, 0.15) is 25.8 Å². The molecule has 1 saturated heterocycles. The van der Waals surface area contributed by atoms with Crippen molar-refractivity contribution in [3.05, 3.63) is 35.4 Å². The van der Waals surface area contributed by atoms with Crippen LogP contribution in [0.5, 0.6) is 5.75 Å². The number of rotatable bonds is 7. The SMILES string of the molecule is CCOc1ccc(/C=C(\C#N)C(=O)O[C@H](C)C(=O)N[C@H]2CCS(=O)(=O)C2)cc1. The number of hydrogen-bond donors (Lipinski definition) is 1. The smallest absolute Gasteiger partial charge is 0.349 e. The molecule has 9 heteroatoms. The first kappa shape index (κ1) is 21.4. The van der Waals surface area contributed by atoms with E-state index in [1.807, 2.05) is 6.92 Å². The molecule has 2 rings (SSSR count). The lowest BCUT2D eigenvalue weighted by Gasteiger charge is -2.16. The lowest BCUT2D eigenvalue weighted by Crippen LogP contribution is -2.42. The Kier molecular flexibility index (Phi) is 7.18. The third-order valence-corrected chi connectivity index (χ3v) is 5.84. The highest BCUT2D eigenvalue weighted by Crippen LogP contribution is 2.16. The van der Waals surface area contributed by atoms with E-state index in [2.05, 4.69) is 5.32 Å². The molecular weight excluding hydrogens is 384 g/mol. The van der Waals surface area contributed by atoms with Crippen molar-refractivity contribution in [3.8, 4) is 11.8 Å². The second-order valence-electron chi connectivity index (χ2n) is 6.33. The predicted octanol–water partition coefficient (Wildman–Crippen LogP) is 1.23. The van der Waals surface area contributed by atoms with Gasteiger partial charge >= 0.3 is 5.97 Å². The number of amides is 1. The first-order chi connectivity index (χ1) is 13.2. The molecule has 1 aromatic carbocycles. The van der Waals surface area contributed by atoms with Gasteiger partial charge in [0.25, 0.3) is 5.91 Å². The average Bonchev–Trinajstić information content (AvgIpc) is 2.99. The van der Waals surface area contributed by atoms with Crippen LogP contribution >= 0.6 is 0 Å². The van der Waals surface area contributed by atoms with Crippen LogP contribution in [-0.4, -0.2) is 50.6 Å². The zero-order valence-corrected chi connectivity index (χ0v) is 16.5. The molecule has 1 aromatic rings. The molecule has 2 atom stereocenters. The molecule has 0 bridgehead atoms. The Bertz CT molecular complexity index is 899. The topological polar surface area (TPSA) is 123 Å². The maximum Gasteiger partial charge on any atom is 0.349 e. The summed E-state index contributed by atoms with van der Waals surface area (Å²) in [5, 5.41) is 11.8. The number of esters is 1. The molecular formula is C19H22N2O6S. The number of sulfone groups is 1. The van der Waals surface area contributed by atoms with Crippen LogP contribution in [0.4, 0.5) is 0 Å². The van der Waals surface area contributed by atoms with E-state index in [0.717, 1.165) is 0 Å². The molecule has 1 aliphatic heterocycles. The predicted molar refractivity (Wildman–Crippen MR) is 102 cm³/mol. The normalized spacial score (nSPS) is 19.3. The van der Waals surface area contributed by atoms with Crippen molar-refractivity contribution in [1.82, 2.24) is 5.32 Å². The standard InChI is InChI=1S/C19H22N2O6S/c1-3-26-17-6-4-14(5-7-17)10-15(11-20)19(23)27-13(2)18(22)21-16-8-9-28(24,25)12-16/h4-7,10,13,16H,3,8-9,12H2,1-2H3,(H,21,22)/b15-10+/t13-,16+/m1/s1. The Morgan fingerprint density at radius 3 is 2.57 bits per heavy atom. The fourth-order valence-corrected chi connectivity index (χ4v) is 4.31. The molecule has 1 N–H and O–H groups in total. The van der Waals surface area contributed by atoms with E-state index < -0.39 is 33.9 Å². The average molecular weight is 406 g/mol. The van der Waals surface area contributed by atoms with Crippen molar-refractivity contribution < 1.29 is 27.5 Å². The molecule has 150 valence electrons. The van der Waals surface area contributed by atoms with E-state index in [-0.39, 0.29) is 17.1 Å². The summed E-state index contributed by atoms with van der Waals surface area (Å²) in [7, 11) is -3.13. The molecule has 1 fully saturated rings. The van der Waals surface area contributed by atoms with Gasteiger partial charge in [0, 0.05) is 6.04 Å². The second-order valence-corrected chi connectivity index (χ2v) is 8.56. The number of nitriles is 1. The maximum atomic E-state index is 12.2.